The topological polar surface area (TPSA) is 26.3 Å². The van der Waals surface area contributed by atoms with Gasteiger partial charge in [-0.1, -0.05) is 33.3 Å². The van der Waals surface area contributed by atoms with Crippen molar-refractivity contribution in [3.63, 3.8) is 0 Å². The molecule has 0 aromatic rings. The Bertz CT molecular complexity index is 508. The van der Waals surface area contributed by atoms with Gasteiger partial charge in [-0.05, 0) is 56.3 Å². The first kappa shape index (κ1) is 16.2. The van der Waals surface area contributed by atoms with E-state index in [1.54, 1.807) is 6.08 Å². The number of Topliss-reactive ketones (excluding diaryl/α,β-unsaturated/α-hetero) is 1. The maximum Gasteiger partial charge on any atom is 0.142 e. The fourth-order valence-electron chi connectivity index (χ4n) is 6.11. The third-order valence-electron chi connectivity index (χ3n) is 7.00. The van der Waals surface area contributed by atoms with Crippen LogP contribution in [-0.2, 0) is 9.53 Å². The van der Waals surface area contributed by atoms with E-state index >= 15 is 0 Å². The molecule has 2 heteroatoms. The number of carbonyl (C=O) groups excluding carboxylic acids is 1. The van der Waals surface area contributed by atoms with Crippen molar-refractivity contribution in [2.24, 2.45) is 22.7 Å². The van der Waals surface area contributed by atoms with Gasteiger partial charge in [-0.3, -0.25) is 4.79 Å². The molecule has 0 bridgehead atoms. The maximum atomic E-state index is 13.1. The first-order valence-electron chi connectivity index (χ1n) is 8.77. The second kappa shape index (κ2) is 4.69. The van der Waals surface area contributed by atoms with Crippen molar-refractivity contribution < 1.29 is 9.53 Å². The smallest absolute Gasteiger partial charge is 0.142 e. The van der Waals surface area contributed by atoms with Gasteiger partial charge in [-0.2, -0.15) is 0 Å². The molecule has 2 nitrogen and oxygen atoms in total. The van der Waals surface area contributed by atoms with Gasteiger partial charge >= 0.3 is 0 Å². The molecule has 1 radical (unpaired) electrons. The predicted octanol–water partition coefficient (Wildman–Crippen LogP) is 4.74. The molecule has 1 heterocycles. The minimum atomic E-state index is -0.522. The van der Waals surface area contributed by atoms with E-state index in [1.807, 2.05) is 6.92 Å². The molecule has 123 valence electrons. The van der Waals surface area contributed by atoms with Crippen molar-refractivity contribution >= 4 is 5.78 Å². The van der Waals surface area contributed by atoms with E-state index in [0.717, 1.165) is 12.8 Å². The number of rotatable bonds is 1. The van der Waals surface area contributed by atoms with Gasteiger partial charge in [-0.15, -0.1) is 6.58 Å². The molecule has 1 aliphatic heterocycles. The van der Waals surface area contributed by atoms with Crippen molar-refractivity contribution in [3.05, 3.63) is 19.1 Å². The summed E-state index contributed by atoms with van der Waals surface area (Å²) < 4.78 is 6.47. The Hall–Kier alpha value is -0.630. The Morgan fingerprint density at radius 2 is 1.91 bits per heavy atom. The molecule has 1 saturated heterocycles. The second-order valence-corrected chi connectivity index (χ2v) is 9.22. The summed E-state index contributed by atoms with van der Waals surface area (Å²) in [5.41, 5.74) is -0.599. The van der Waals surface area contributed by atoms with Crippen LogP contribution in [0.15, 0.2) is 12.7 Å². The van der Waals surface area contributed by atoms with Gasteiger partial charge in [0.1, 0.15) is 5.78 Å². The molecule has 0 amide bonds. The summed E-state index contributed by atoms with van der Waals surface area (Å²) in [4.78, 5) is 13.1. The monoisotopic (exact) mass is 303 g/mol. The highest BCUT2D eigenvalue weighted by Gasteiger charge is 2.64. The summed E-state index contributed by atoms with van der Waals surface area (Å²) >= 11 is 0. The highest BCUT2D eigenvalue weighted by atomic mass is 16.5. The van der Waals surface area contributed by atoms with E-state index in [9.17, 15) is 4.79 Å². The van der Waals surface area contributed by atoms with Crippen LogP contribution in [-0.4, -0.2) is 17.0 Å². The number of carbonyl (C=O) groups is 1. The van der Waals surface area contributed by atoms with Gasteiger partial charge in [-0.25, -0.2) is 0 Å². The van der Waals surface area contributed by atoms with E-state index in [-0.39, 0.29) is 11.3 Å². The molecule has 3 fully saturated rings. The summed E-state index contributed by atoms with van der Waals surface area (Å²) in [5, 5.41) is 0. The molecule has 0 aromatic heterocycles. The zero-order valence-electron chi connectivity index (χ0n) is 14.9. The second-order valence-electron chi connectivity index (χ2n) is 9.22. The predicted molar refractivity (Wildman–Crippen MR) is 89.4 cm³/mol. The van der Waals surface area contributed by atoms with Gasteiger partial charge in [0.2, 0.25) is 0 Å². The van der Waals surface area contributed by atoms with E-state index in [0.29, 0.717) is 23.5 Å². The normalized spacial score (nSPS) is 50.9. The van der Waals surface area contributed by atoms with Crippen molar-refractivity contribution in [2.75, 3.05) is 0 Å². The van der Waals surface area contributed by atoms with Crippen LogP contribution in [0, 0.1) is 29.1 Å². The van der Waals surface area contributed by atoms with Crippen LogP contribution in [0.1, 0.15) is 66.7 Å². The molecule has 2 aliphatic carbocycles. The summed E-state index contributed by atoms with van der Waals surface area (Å²) in [7, 11) is 0. The summed E-state index contributed by atoms with van der Waals surface area (Å²) in [6.45, 7) is 15.1. The molecule has 0 aromatic carbocycles. The standard InChI is InChI=1S/C20H31O2/c1-7-18(4)13-14(21)16-19(5)11-8-10-17(2,3)15(19)9-12-20(16,6)22-18/h7,12,15-16H,1,8-11,13H2,2-6H3. The molecule has 5 unspecified atom stereocenters. The van der Waals surface area contributed by atoms with Crippen molar-refractivity contribution in [3.8, 4) is 0 Å². The number of hydrogen-bond acceptors (Lipinski definition) is 2. The Balaban J connectivity index is 2.03. The summed E-state index contributed by atoms with van der Waals surface area (Å²) in [6, 6.07) is 0. The van der Waals surface area contributed by atoms with Crippen LogP contribution < -0.4 is 0 Å². The molecule has 22 heavy (non-hydrogen) atoms. The lowest BCUT2D eigenvalue weighted by molar-refractivity contribution is -0.221. The maximum absolute atomic E-state index is 13.1. The van der Waals surface area contributed by atoms with E-state index < -0.39 is 11.2 Å². The molecule has 5 atom stereocenters. The molecular weight excluding hydrogens is 272 g/mol. The lowest BCUT2D eigenvalue weighted by Crippen LogP contribution is -2.66. The van der Waals surface area contributed by atoms with Gasteiger partial charge < -0.3 is 4.74 Å². The Labute approximate surface area is 135 Å². The zero-order valence-corrected chi connectivity index (χ0v) is 14.9. The average molecular weight is 303 g/mol. The molecule has 3 aliphatic rings. The quantitative estimate of drug-likeness (QED) is 0.654. The first-order valence-corrected chi connectivity index (χ1v) is 8.77. The SMILES string of the molecule is C=CC1(C)CC(=O)C2C(C)([CH]CC3C(C)(C)CCCC32C)O1. The number of ketones is 1. The molecular formula is C20H31O2. The Morgan fingerprint density at radius 1 is 1.23 bits per heavy atom. The van der Waals surface area contributed by atoms with Crippen LogP contribution >= 0.6 is 0 Å². The number of hydrogen-bond donors (Lipinski definition) is 0. The lowest BCUT2D eigenvalue weighted by Gasteiger charge is -2.64. The molecule has 0 N–H and O–H groups in total. The third kappa shape index (κ3) is 2.13. The van der Waals surface area contributed by atoms with Gasteiger partial charge in [0, 0.05) is 6.42 Å². The number of fused-ring (bicyclic) bond motifs is 3. The van der Waals surface area contributed by atoms with Crippen LogP contribution in [0.2, 0.25) is 0 Å². The van der Waals surface area contributed by atoms with E-state index in [4.69, 9.17) is 4.74 Å². The van der Waals surface area contributed by atoms with Gasteiger partial charge in [0.25, 0.3) is 0 Å². The van der Waals surface area contributed by atoms with Gasteiger partial charge in [0.15, 0.2) is 0 Å². The van der Waals surface area contributed by atoms with Crippen LogP contribution in [0.25, 0.3) is 0 Å². The summed E-state index contributed by atoms with van der Waals surface area (Å²) in [6.07, 6.45) is 9.26. The molecule has 2 saturated carbocycles. The summed E-state index contributed by atoms with van der Waals surface area (Å²) in [5.74, 6) is 0.941. The fraction of sp³-hybridized carbons (Fsp3) is 0.800. The van der Waals surface area contributed by atoms with Crippen molar-refractivity contribution in [1.82, 2.24) is 0 Å². The minimum Gasteiger partial charge on any atom is -0.364 e. The van der Waals surface area contributed by atoms with E-state index in [2.05, 4.69) is 40.7 Å². The highest BCUT2D eigenvalue weighted by Crippen LogP contribution is 2.64. The fourth-order valence-corrected chi connectivity index (χ4v) is 6.11. The Kier molecular flexibility index (Phi) is 3.46. The molecule has 3 rings (SSSR count). The highest BCUT2D eigenvalue weighted by molar-refractivity contribution is 5.85. The molecule has 0 spiro atoms. The van der Waals surface area contributed by atoms with Crippen molar-refractivity contribution in [1.29, 1.82) is 0 Å². The third-order valence-corrected chi connectivity index (χ3v) is 7.00. The first-order chi connectivity index (χ1) is 10.1. The minimum absolute atomic E-state index is 0.00801. The van der Waals surface area contributed by atoms with Crippen molar-refractivity contribution in [2.45, 2.75) is 77.9 Å². The van der Waals surface area contributed by atoms with Crippen LogP contribution in [0.4, 0.5) is 0 Å². The zero-order chi connectivity index (χ0) is 16.4. The average Bonchev–Trinajstić information content (AvgIpc) is 2.35. The lowest BCUT2D eigenvalue weighted by atomic mass is 9.44. The van der Waals surface area contributed by atoms with Crippen LogP contribution in [0.3, 0.4) is 0 Å². The van der Waals surface area contributed by atoms with E-state index in [1.165, 1.54) is 12.8 Å². The largest absolute Gasteiger partial charge is 0.364 e. The van der Waals surface area contributed by atoms with Gasteiger partial charge in [0.05, 0.1) is 17.1 Å². The van der Waals surface area contributed by atoms with Crippen LogP contribution in [0.5, 0.6) is 0 Å². The number of ether oxygens (including phenoxy) is 1. The Morgan fingerprint density at radius 3 is 2.55 bits per heavy atom.